The first-order valence-corrected chi connectivity index (χ1v) is 5.07. The molecular weight excluding hydrogens is 170 g/mol. The molecule has 0 atom stereocenters. The highest BCUT2D eigenvalue weighted by Crippen LogP contribution is 2.11. The van der Waals surface area contributed by atoms with Crippen molar-refractivity contribution in [2.24, 2.45) is 4.99 Å². The molecule has 1 nitrogen and oxygen atoms in total. The summed E-state index contributed by atoms with van der Waals surface area (Å²) in [7, 11) is 1.81. The number of aliphatic imine (C=N–C) groups is 1. The van der Waals surface area contributed by atoms with Gasteiger partial charge in [-0.2, -0.15) is 0 Å². The second kappa shape index (κ2) is 7.31. The first-order valence-electron chi connectivity index (χ1n) is 5.07. The van der Waals surface area contributed by atoms with Gasteiger partial charge < -0.3 is 0 Å². The van der Waals surface area contributed by atoms with Gasteiger partial charge in [0.05, 0.1) is 0 Å². The normalized spacial score (nSPS) is 13.7. The summed E-state index contributed by atoms with van der Waals surface area (Å²) >= 11 is 0. The van der Waals surface area contributed by atoms with E-state index in [1.54, 1.807) is 0 Å². The summed E-state index contributed by atoms with van der Waals surface area (Å²) < 4.78 is 0. The van der Waals surface area contributed by atoms with Crippen molar-refractivity contribution in [3.63, 3.8) is 0 Å². The van der Waals surface area contributed by atoms with Gasteiger partial charge in [0.15, 0.2) is 0 Å². The van der Waals surface area contributed by atoms with Crippen LogP contribution >= 0.6 is 0 Å². The lowest BCUT2D eigenvalue weighted by molar-refractivity contribution is 0.930. The van der Waals surface area contributed by atoms with Crippen molar-refractivity contribution in [3.05, 3.63) is 35.5 Å². The van der Waals surface area contributed by atoms with Crippen LogP contribution in [0.15, 0.2) is 40.4 Å². The first-order chi connectivity index (χ1) is 6.61. The van der Waals surface area contributed by atoms with E-state index in [2.05, 4.69) is 31.5 Å². The molecule has 1 heteroatoms. The van der Waals surface area contributed by atoms with E-state index in [-0.39, 0.29) is 0 Å². The summed E-state index contributed by atoms with van der Waals surface area (Å²) in [6.07, 6.45) is 8.33. The quantitative estimate of drug-likeness (QED) is 0.461. The highest BCUT2D eigenvalue weighted by molar-refractivity contribution is 5.80. The fourth-order valence-corrected chi connectivity index (χ4v) is 1.16. The molecule has 0 fully saturated rings. The van der Waals surface area contributed by atoms with Crippen molar-refractivity contribution in [1.29, 1.82) is 0 Å². The minimum atomic E-state index is 1.08. The fourth-order valence-electron chi connectivity index (χ4n) is 1.16. The van der Waals surface area contributed by atoms with Gasteiger partial charge in [0.1, 0.15) is 0 Å². The molecule has 14 heavy (non-hydrogen) atoms. The molecule has 0 bridgehead atoms. The van der Waals surface area contributed by atoms with Crippen LogP contribution in [0.3, 0.4) is 0 Å². The Morgan fingerprint density at radius 3 is 2.36 bits per heavy atom. The van der Waals surface area contributed by atoms with Crippen molar-refractivity contribution in [2.75, 3.05) is 7.05 Å². The van der Waals surface area contributed by atoms with E-state index >= 15 is 0 Å². The average molecular weight is 191 g/mol. The molecule has 0 saturated heterocycles. The van der Waals surface area contributed by atoms with Crippen LogP contribution in [-0.2, 0) is 0 Å². The van der Waals surface area contributed by atoms with Gasteiger partial charge in [0.2, 0.25) is 0 Å². The van der Waals surface area contributed by atoms with Crippen molar-refractivity contribution in [2.45, 2.75) is 33.6 Å². The van der Waals surface area contributed by atoms with E-state index in [0.717, 1.165) is 18.4 Å². The Morgan fingerprint density at radius 1 is 1.29 bits per heavy atom. The summed E-state index contributed by atoms with van der Waals surface area (Å²) in [6.45, 7) is 10.1. The van der Waals surface area contributed by atoms with Gasteiger partial charge in [-0.05, 0) is 31.4 Å². The Bertz CT molecular complexity index is 267. The third-order valence-electron chi connectivity index (χ3n) is 1.93. The molecule has 78 valence electrons. The van der Waals surface area contributed by atoms with Crippen LogP contribution < -0.4 is 0 Å². The Balaban J connectivity index is 4.70. The molecule has 0 aromatic carbocycles. The van der Waals surface area contributed by atoms with Crippen LogP contribution in [0, 0.1) is 0 Å². The fraction of sp³-hybridized carbons (Fsp3) is 0.462. The van der Waals surface area contributed by atoms with E-state index in [1.165, 1.54) is 11.1 Å². The van der Waals surface area contributed by atoms with Crippen molar-refractivity contribution in [1.82, 2.24) is 0 Å². The molecule has 0 saturated carbocycles. The first kappa shape index (κ1) is 12.9. The largest absolute Gasteiger partial charge is 0.296 e. The van der Waals surface area contributed by atoms with Gasteiger partial charge in [0, 0.05) is 13.3 Å². The predicted molar refractivity (Wildman–Crippen MR) is 66.0 cm³/mol. The van der Waals surface area contributed by atoms with Crippen LogP contribution in [0.1, 0.15) is 33.6 Å². The molecule has 0 aliphatic carbocycles. The van der Waals surface area contributed by atoms with Crippen molar-refractivity contribution < 1.29 is 0 Å². The average Bonchev–Trinajstić information content (AvgIpc) is 2.14. The van der Waals surface area contributed by atoms with Crippen LogP contribution in [0.2, 0.25) is 0 Å². The molecule has 0 aromatic rings. The lowest BCUT2D eigenvalue weighted by Crippen LogP contribution is -1.89. The maximum absolute atomic E-state index is 4.06. The van der Waals surface area contributed by atoms with Gasteiger partial charge in [-0.3, -0.25) is 4.99 Å². The van der Waals surface area contributed by atoms with E-state index in [9.17, 15) is 0 Å². The molecule has 0 aliphatic heterocycles. The highest BCUT2D eigenvalue weighted by Gasteiger charge is 1.95. The summed E-state index contributed by atoms with van der Waals surface area (Å²) in [5.74, 6) is 0. The minimum Gasteiger partial charge on any atom is -0.296 e. The summed E-state index contributed by atoms with van der Waals surface area (Å²) in [6, 6.07) is 0. The number of hydrogen-bond donors (Lipinski definition) is 0. The number of nitrogens with zero attached hydrogens (tertiary/aromatic N) is 1. The molecule has 0 aliphatic rings. The lowest BCUT2D eigenvalue weighted by Gasteiger charge is -2.02. The van der Waals surface area contributed by atoms with E-state index in [1.807, 2.05) is 26.3 Å². The standard InChI is InChI=1S/C13H21N/c1-6-7-13(10-14-5)12(4)9-8-11(2)3/h8-10H,2,6-7H2,1,3-5H3/b9-8+,13-12-,14-10?. The smallest absolute Gasteiger partial charge is 0.0277 e. The molecule has 0 N–H and O–H groups in total. The molecule has 0 radical (unpaired) electrons. The zero-order valence-corrected chi connectivity index (χ0v) is 9.80. The van der Waals surface area contributed by atoms with Crippen LogP contribution in [-0.4, -0.2) is 13.3 Å². The third kappa shape index (κ3) is 5.52. The predicted octanol–water partition coefficient (Wildman–Crippen LogP) is 3.94. The molecule has 0 heterocycles. The Morgan fingerprint density at radius 2 is 1.93 bits per heavy atom. The number of rotatable bonds is 5. The Labute approximate surface area is 87.9 Å². The third-order valence-corrected chi connectivity index (χ3v) is 1.93. The Hall–Kier alpha value is -1.11. The second-order valence-electron chi connectivity index (χ2n) is 3.53. The summed E-state index contributed by atoms with van der Waals surface area (Å²) in [5, 5.41) is 0. The second-order valence-corrected chi connectivity index (χ2v) is 3.53. The Kier molecular flexibility index (Phi) is 6.73. The van der Waals surface area contributed by atoms with Gasteiger partial charge in [-0.15, -0.1) is 0 Å². The van der Waals surface area contributed by atoms with Crippen LogP contribution in [0.5, 0.6) is 0 Å². The number of allylic oxidation sites excluding steroid dienone is 5. The minimum absolute atomic E-state index is 1.08. The highest BCUT2D eigenvalue weighted by atomic mass is 14.6. The van der Waals surface area contributed by atoms with E-state index in [0.29, 0.717) is 0 Å². The van der Waals surface area contributed by atoms with Crippen LogP contribution in [0.25, 0.3) is 0 Å². The monoisotopic (exact) mass is 191 g/mol. The molecule has 0 rings (SSSR count). The van der Waals surface area contributed by atoms with Crippen LogP contribution in [0.4, 0.5) is 0 Å². The SMILES string of the molecule is C=C(C)/C=C/C(C)=C(\C=NC)CCC. The summed E-state index contributed by atoms with van der Waals surface area (Å²) in [4.78, 5) is 4.06. The van der Waals surface area contributed by atoms with E-state index in [4.69, 9.17) is 0 Å². The zero-order valence-electron chi connectivity index (χ0n) is 9.80. The zero-order chi connectivity index (χ0) is 11.0. The topological polar surface area (TPSA) is 12.4 Å². The summed E-state index contributed by atoms with van der Waals surface area (Å²) in [5.41, 5.74) is 3.67. The molecule has 0 spiro atoms. The van der Waals surface area contributed by atoms with Crippen molar-refractivity contribution >= 4 is 6.21 Å². The lowest BCUT2D eigenvalue weighted by atomic mass is 10.0. The van der Waals surface area contributed by atoms with Gasteiger partial charge in [0.25, 0.3) is 0 Å². The molecule has 0 amide bonds. The maximum atomic E-state index is 4.06. The van der Waals surface area contributed by atoms with Gasteiger partial charge in [-0.1, -0.05) is 37.6 Å². The number of hydrogen-bond acceptors (Lipinski definition) is 1. The molecular formula is C13H21N. The maximum Gasteiger partial charge on any atom is 0.0277 e. The molecule has 0 aromatic heterocycles. The van der Waals surface area contributed by atoms with Gasteiger partial charge in [-0.25, -0.2) is 0 Å². The van der Waals surface area contributed by atoms with Crippen molar-refractivity contribution in [3.8, 4) is 0 Å². The molecule has 0 unspecified atom stereocenters. The van der Waals surface area contributed by atoms with Gasteiger partial charge >= 0.3 is 0 Å². The van der Waals surface area contributed by atoms with E-state index < -0.39 is 0 Å².